The number of aromatic nitrogens is 3. The lowest BCUT2D eigenvalue weighted by Gasteiger charge is -2.24. The van der Waals surface area contributed by atoms with E-state index < -0.39 is 0 Å². The van der Waals surface area contributed by atoms with Gasteiger partial charge in [0.25, 0.3) is 11.9 Å². The van der Waals surface area contributed by atoms with Crippen molar-refractivity contribution in [1.29, 1.82) is 0 Å². The SMILES string of the molecule is Cc1cccc(C(=O)Nc2nc3n(n2)[C@@H](c2ccccc2Cl)C=C(c2ccccc2)N3)c1. The third-order valence-corrected chi connectivity index (χ3v) is 5.62. The highest BCUT2D eigenvalue weighted by Crippen LogP contribution is 2.35. The molecule has 7 heteroatoms. The number of hydrogen-bond acceptors (Lipinski definition) is 4. The van der Waals surface area contributed by atoms with Crippen molar-refractivity contribution in [2.45, 2.75) is 13.0 Å². The van der Waals surface area contributed by atoms with Crippen LogP contribution in [0.1, 0.15) is 33.1 Å². The molecule has 4 aromatic rings. The molecule has 1 aromatic heterocycles. The number of rotatable bonds is 4. The first kappa shape index (κ1) is 20.0. The number of allylic oxidation sites excluding steroid dienone is 1. The Bertz CT molecular complexity index is 1330. The molecule has 2 N–H and O–H groups in total. The predicted octanol–water partition coefficient (Wildman–Crippen LogP) is 5.55. The highest BCUT2D eigenvalue weighted by atomic mass is 35.5. The molecule has 0 radical (unpaired) electrons. The summed E-state index contributed by atoms with van der Waals surface area (Å²) >= 11 is 6.52. The lowest BCUT2D eigenvalue weighted by Crippen LogP contribution is -2.20. The molecular formula is C25H20ClN5O. The van der Waals surface area contributed by atoms with Gasteiger partial charge in [0, 0.05) is 16.3 Å². The maximum atomic E-state index is 12.7. The lowest BCUT2D eigenvalue weighted by molar-refractivity contribution is 0.102. The Labute approximate surface area is 190 Å². The number of nitrogens with zero attached hydrogens (tertiary/aromatic N) is 3. The third kappa shape index (κ3) is 3.88. The van der Waals surface area contributed by atoms with E-state index in [1.165, 1.54) is 0 Å². The maximum Gasteiger partial charge on any atom is 0.258 e. The van der Waals surface area contributed by atoms with Gasteiger partial charge >= 0.3 is 0 Å². The molecule has 0 spiro atoms. The second kappa shape index (κ2) is 8.32. The van der Waals surface area contributed by atoms with E-state index in [9.17, 15) is 4.79 Å². The van der Waals surface area contributed by atoms with Crippen LogP contribution in [0.3, 0.4) is 0 Å². The molecule has 5 rings (SSSR count). The minimum Gasteiger partial charge on any atom is -0.324 e. The van der Waals surface area contributed by atoms with Gasteiger partial charge in [-0.05, 0) is 42.3 Å². The van der Waals surface area contributed by atoms with Crippen molar-refractivity contribution in [3.63, 3.8) is 0 Å². The first-order valence-electron chi connectivity index (χ1n) is 10.2. The Kier molecular flexibility index (Phi) is 5.21. The largest absolute Gasteiger partial charge is 0.324 e. The number of hydrogen-bond donors (Lipinski definition) is 2. The summed E-state index contributed by atoms with van der Waals surface area (Å²) in [4.78, 5) is 17.3. The molecule has 6 nitrogen and oxygen atoms in total. The van der Waals surface area contributed by atoms with Gasteiger partial charge < -0.3 is 5.32 Å². The number of aryl methyl sites for hydroxylation is 1. The average Bonchev–Trinajstić information content (AvgIpc) is 3.22. The van der Waals surface area contributed by atoms with Crippen molar-refractivity contribution in [2.75, 3.05) is 10.6 Å². The molecule has 0 saturated heterocycles. The minimum atomic E-state index is -0.285. The normalized spacial score (nSPS) is 14.8. The van der Waals surface area contributed by atoms with Crippen molar-refractivity contribution in [3.8, 4) is 0 Å². The van der Waals surface area contributed by atoms with E-state index in [2.05, 4.69) is 26.8 Å². The molecule has 1 aliphatic heterocycles. The van der Waals surface area contributed by atoms with Crippen molar-refractivity contribution in [2.24, 2.45) is 0 Å². The number of nitrogens with one attached hydrogen (secondary N) is 2. The van der Waals surface area contributed by atoms with E-state index in [1.807, 2.05) is 79.7 Å². The minimum absolute atomic E-state index is 0.221. The Balaban J connectivity index is 1.53. The van der Waals surface area contributed by atoms with Crippen LogP contribution in [-0.2, 0) is 0 Å². The summed E-state index contributed by atoms with van der Waals surface area (Å²) in [5.41, 5.74) is 4.37. The highest BCUT2D eigenvalue weighted by Gasteiger charge is 2.27. The zero-order valence-corrected chi connectivity index (χ0v) is 18.0. The van der Waals surface area contributed by atoms with Crippen molar-refractivity contribution in [1.82, 2.24) is 14.8 Å². The predicted molar refractivity (Wildman–Crippen MR) is 127 cm³/mol. The molecule has 0 saturated carbocycles. The maximum absolute atomic E-state index is 12.7. The second-order valence-corrected chi connectivity index (χ2v) is 7.97. The van der Waals surface area contributed by atoms with Crippen LogP contribution in [0, 0.1) is 6.92 Å². The van der Waals surface area contributed by atoms with Crippen molar-refractivity contribution >= 4 is 35.1 Å². The quantitative estimate of drug-likeness (QED) is 0.435. The summed E-state index contributed by atoms with van der Waals surface area (Å²) in [6.45, 7) is 1.94. The fraction of sp³-hybridized carbons (Fsp3) is 0.0800. The van der Waals surface area contributed by atoms with Crippen LogP contribution in [0.5, 0.6) is 0 Å². The van der Waals surface area contributed by atoms with Crippen molar-refractivity contribution in [3.05, 3.63) is 112 Å². The molecule has 0 aliphatic carbocycles. The van der Waals surface area contributed by atoms with Gasteiger partial charge in [0.1, 0.15) is 6.04 Å². The van der Waals surface area contributed by atoms with Crippen LogP contribution in [0.2, 0.25) is 5.02 Å². The molecule has 2 heterocycles. The molecule has 0 fully saturated rings. The summed E-state index contributed by atoms with van der Waals surface area (Å²) < 4.78 is 1.74. The Morgan fingerprint density at radius 2 is 1.81 bits per heavy atom. The molecule has 3 aromatic carbocycles. The average molecular weight is 442 g/mol. The molecule has 1 aliphatic rings. The summed E-state index contributed by atoms with van der Waals surface area (Å²) in [5, 5.41) is 11.3. The van der Waals surface area contributed by atoms with Crippen LogP contribution >= 0.6 is 11.6 Å². The second-order valence-electron chi connectivity index (χ2n) is 7.56. The molecule has 0 unspecified atom stereocenters. The number of carbonyl (C=O) groups excluding carboxylic acids is 1. The van der Waals surface area contributed by atoms with Crippen LogP contribution in [0.25, 0.3) is 5.70 Å². The summed E-state index contributed by atoms with van der Waals surface area (Å²) in [7, 11) is 0. The van der Waals surface area contributed by atoms with Gasteiger partial charge in [0.2, 0.25) is 5.95 Å². The van der Waals surface area contributed by atoms with Gasteiger partial charge in [-0.2, -0.15) is 4.98 Å². The van der Waals surface area contributed by atoms with Gasteiger partial charge in [-0.25, -0.2) is 4.68 Å². The fourth-order valence-corrected chi connectivity index (χ4v) is 3.98. The van der Waals surface area contributed by atoms with Gasteiger partial charge in [-0.1, -0.05) is 77.8 Å². The van der Waals surface area contributed by atoms with Crippen LogP contribution in [0.4, 0.5) is 11.9 Å². The van der Waals surface area contributed by atoms with E-state index in [-0.39, 0.29) is 17.9 Å². The molecule has 32 heavy (non-hydrogen) atoms. The molecule has 0 bridgehead atoms. The summed E-state index contributed by atoms with van der Waals surface area (Å²) in [5.74, 6) is 0.483. The number of halogens is 1. The van der Waals surface area contributed by atoms with Crippen LogP contribution in [-0.4, -0.2) is 20.7 Å². The Morgan fingerprint density at radius 3 is 2.59 bits per heavy atom. The fourth-order valence-electron chi connectivity index (χ4n) is 3.73. The van der Waals surface area contributed by atoms with Crippen LogP contribution < -0.4 is 10.6 Å². The number of amides is 1. The smallest absolute Gasteiger partial charge is 0.258 e. The van der Waals surface area contributed by atoms with E-state index in [0.29, 0.717) is 16.5 Å². The van der Waals surface area contributed by atoms with Gasteiger partial charge in [0.05, 0.1) is 0 Å². The van der Waals surface area contributed by atoms with Crippen molar-refractivity contribution < 1.29 is 4.79 Å². The van der Waals surface area contributed by atoms with E-state index >= 15 is 0 Å². The van der Waals surface area contributed by atoms with Gasteiger partial charge in [0.15, 0.2) is 0 Å². The van der Waals surface area contributed by atoms with E-state index in [1.54, 1.807) is 10.7 Å². The summed E-state index contributed by atoms with van der Waals surface area (Å²) in [6.07, 6.45) is 2.06. The molecular weight excluding hydrogens is 422 g/mol. The van der Waals surface area contributed by atoms with Gasteiger partial charge in [-0.15, -0.1) is 5.10 Å². The number of anilines is 2. The Morgan fingerprint density at radius 1 is 1.03 bits per heavy atom. The monoisotopic (exact) mass is 441 g/mol. The van der Waals surface area contributed by atoms with E-state index in [4.69, 9.17) is 11.6 Å². The first-order valence-corrected chi connectivity index (χ1v) is 10.6. The lowest BCUT2D eigenvalue weighted by atomic mass is 10.0. The number of carbonyl (C=O) groups is 1. The number of benzene rings is 3. The third-order valence-electron chi connectivity index (χ3n) is 5.28. The first-order chi connectivity index (χ1) is 15.6. The zero-order chi connectivity index (χ0) is 22.1. The standard InChI is InChI=1S/C25H20ClN5O/c1-16-8-7-11-18(14-16)23(32)28-24-29-25-27-21(17-9-3-2-4-10-17)15-22(31(25)30-24)19-12-5-6-13-20(19)26/h2-15,22H,1H3,(H2,27,28,29,30,32)/t22-/m1/s1. The molecule has 1 atom stereocenters. The Hall–Kier alpha value is -3.90. The summed E-state index contributed by atoms with van der Waals surface area (Å²) in [6, 6.07) is 24.7. The van der Waals surface area contributed by atoms with Crippen LogP contribution in [0.15, 0.2) is 84.9 Å². The topological polar surface area (TPSA) is 71.8 Å². The molecule has 1 amide bonds. The molecule has 158 valence electrons. The van der Waals surface area contributed by atoms with Gasteiger partial charge in [-0.3, -0.25) is 10.1 Å². The number of fused-ring (bicyclic) bond motifs is 1. The van der Waals surface area contributed by atoms with E-state index in [0.717, 1.165) is 22.4 Å². The zero-order valence-electron chi connectivity index (χ0n) is 17.3. The highest BCUT2D eigenvalue weighted by molar-refractivity contribution is 6.31.